The Balaban J connectivity index is 3.41. The molecule has 0 rings (SSSR count). The molecule has 0 aromatic rings. The van der Waals surface area contributed by atoms with Gasteiger partial charge in [-0.1, -0.05) is 391 Å². The summed E-state index contributed by atoms with van der Waals surface area (Å²) in [6.45, 7) is 4.95. The maximum Gasteiger partial charge on any atom is 0.305 e. The molecule has 502 valence electrons. The molecule has 2 atom stereocenters. The highest BCUT2D eigenvalue weighted by Crippen LogP contribution is 2.19. The second kappa shape index (κ2) is 74.5. The van der Waals surface area contributed by atoms with Crippen molar-refractivity contribution in [3.05, 3.63) is 36.5 Å². The summed E-state index contributed by atoms with van der Waals surface area (Å²) in [6.07, 6.45) is 96.8. The van der Waals surface area contributed by atoms with Gasteiger partial charge in [0.15, 0.2) is 0 Å². The van der Waals surface area contributed by atoms with Gasteiger partial charge in [0, 0.05) is 12.8 Å². The van der Waals surface area contributed by atoms with Gasteiger partial charge in [-0.3, -0.25) is 9.59 Å². The van der Waals surface area contributed by atoms with E-state index in [1.54, 1.807) is 6.08 Å². The Morgan fingerprint density at radius 3 is 0.894 bits per heavy atom. The molecule has 0 spiro atoms. The van der Waals surface area contributed by atoms with Crippen molar-refractivity contribution in [2.75, 3.05) is 13.2 Å². The highest BCUT2D eigenvalue weighted by atomic mass is 16.5. The molecule has 0 saturated carbocycles. The number of rotatable bonds is 73. The Bertz CT molecular complexity index is 1380. The van der Waals surface area contributed by atoms with Crippen LogP contribution in [-0.2, 0) is 14.3 Å². The Morgan fingerprint density at radius 1 is 0.329 bits per heavy atom. The van der Waals surface area contributed by atoms with Gasteiger partial charge >= 0.3 is 5.97 Å². The molecule has 0 bridgehead atoms. The Kier molecular flexibility index (Phi) is 72.9. The van der Waals surface area contributed by atoms with Gasteiger partial charge in [-0.05, 0) is 64.2 Å². The number of carbonyl (C=O) groups excluding carboxylic acids is 2. The molecule has 0 aromatic heterocycles. The van der Waals surface area contributed by atoms with E-state index in [0.717, 1.165) is 44.9 Å². The molecule has 0 aromatic carbocycles. The first-order valence-corrected chi connectivity index (χ1v) is 38.8. The Morgan fingerprint density at radius 2 is 0.588 bits per heavy atom. The van der Waals surface area contributed by atoms with Crippen molar-refractivity contribution in [1.29, 1.82) is 0 Å². The van der Waals surface area contributed by atoms with E-state index in [4.69, 9.17) is 4.74 Å². The van der Waals surface area contributed by atoms with Crippen molar-refractivity contribution < 1.29 is 24.5 Å². The fraction of sp³-hybridized carbons (Fsp3) is 0.899. The molecule has 0 radical (unpaired) electrons. The molecule has 0 aliphatic heterocycles. The maximum absolute atomic E-state index is 12.5. The average molecular weight is 1200 g/mol. The van der Waals surface area contributed by atoms with E-state index in [-0.39, 0.29) is 18.5 Å². The molecule has 2 unspecified atom stereocenters. The van der Waals surface area contributed by atoms with Crippen molar-refractivity contribution >= 4 is 11.9 Å². The van der Waals surface area contributed by atoms with E-state index < -0.39 is 12.1 Å². The summed E-state index contributed by atoms with van der Waals surface area (Å²) in [4.78, 5) is 24.7. The lowest BCUT2D eigenvalue weighted by Gasteiger charge is -2.20. The predicted octanol–water partition coefficient (Wildman–Crippen LogP) is 25.4. The minimum absolute atomic E-state index is 0.0169. The minimum Gasteiger partial charge on any atom is -0.466 e. The third-order valence-electron chi connectivity index (χ3n) is 18.2. The molecule has 0 fully saturated rings. The van der Waals surface area contributed by atoms with Crippen molar-refractivity contribution in [2.45, 2.75) is 443 Å². The number of ether oxygens (including phenoxy) is 1. The Labute approximate surface area is 532 Å². The van der Waals surface area contributed by atoms with Crippen molar-refractivity contribution in [1.82, 2.24) is 5.32 Å². The summed E-state index contributed by atoms with van der Waals surface area (Å²) < 4.78 is 5.51. The summed E-state index contributed by atoms with van der Waals surface area (Å²) in [7, 11) is 0. The van der Waals surface area contributed by atoms with Gasteiger partial charge in [-0.15, -0.1) is 0 Å². The van der Waals surface area contributed by atoms with Crippen LogP contribution in [0.3, 0.4) is 0 Å². The summed E-state index contributed by atoms with van der Waals surface area (Å²) in [5.41, 5.74) is 0. The second-order valence-corrected chi connectivity index (χ2v) is 26.7. The van der Waals surface area contributed by atoms with Crippen LogP contribution in [0.4, 0.5) is 0 Å². The van der Waals surface area contributed by atoms with Crippen LogP contribution >= 0.6 is 0 Å². The second-order valence-electron chi connectivity index (χ2n) is 26.7. The zero-order chi connectivity index (χ0) is 61.3. The van der Waals surface area contributed by atoms with E-state index in [2.05, 4.69) is 43.5 Å². The van der Waals surface area contributed by atoms with Crippen molar-refractivity contribution in [2.24, 2.45) is 0 Å². The van der Waals surface area contributed by atoms with Gasteiger partial charge in [-0.2, -0.15) is 0 Å². The number of hydrogen-bond donors (Lipinski definition) is 3. The van der Waals surface area contributed by atoms with Gasteiger partial charge in [-0.25, -0.2) is 0 Å². The summed E-state index contributed by atoms with van der Waals surface area (Å²) in [5, 5.41) is 23.3. The van der Waals surface area contributed by atoms with Crippen molar-refractivity contribution in [3.63, 3.8) is 0 Å². The Hall–Kier alpha value is -1.92. The number of allylic oxidation sites excluding steroid dienone is 5. The summed E-state index contributed by atoms with van der Waals surface area (Å²) >= 11 is 0. The third-order valence-corrected chi connectivity index (χ3v) is 18.2. The summed E-state index contributed by atoms with van der Waals surface area (Å²) in [5.74, 6) is -0.0480. The lowest BCUT2D eigenvalue weighted by Crippen LogP contribution is -2.45. The fourth-order valence-electron chi connectivity index (χ4n) is 12.3. The monoisotopic (exact) mass is 1190 g/mol. The van der Waals surface area contributed by atoms with Gasteiger partial charge in [0.05, 0.1) is 25.4 Å². The van der Waals surface area contributed by atoms with Crippen molar-refractivity contribution in [3.8, 4) is 0 Å². The molecule has 6 heteroatoms. The van der Waals surface area contributed by atoms with E-state index in [1.807, 2.05) is 6.08 Å². The molecule has 3 N–H and O–H groups in total. The first-order valence-electron chi connectivity index (χ1n) is 38.8. The van der Waals surface area contributed by atoms with E-state index >= 15 is 0 Å². The number of carbonyl (C=O) groups is 2. The molecule has 0 heterocycles. The van der Waals surface area contributed by atoms with Crippen LogP contribution in [0.1, 0.15) is 431 Å². The first kappa shape index (κ1) is 83.1. The highest BCUT2D eigenvalue weighted by molar-refractivity contribution is 5.76. The van der Waals surface area contributed by atoms with Crippen LogP contribution in [0.25, 0.3) is 0 Å². The molecule has 6 nitrogen and oxygen atoms in total. The zero-order valence-corrected chi connectivity index (χ0v) is 57.6. The standard InChI is InChI=1S/C79H151NO5/c1-3-5-7-9-11-13-15-17-19-21-23-33-36-39-43-47-51-55-59-63-67-71-77(82)76(75-81)80-78(83)72-68-64-60-56-52-48-44-40-37-34-31-29-27-25-24-26-28-30-32-35-38-42-46-50-54-58-62-66-70-74-85-79(84)73-69-65-61-57-53-49-45-41-22-20-18-16-14-12-10-8-6-4-2/h24,26,30,32,67,71,76-77,81-82H,3-23,25,27-29,31,33-66,68-70,72-75H2,1-2H3,(H,80,83)/b26-24-,32-30-,71-67+. The van der Waals surface area contributed by atoms with E-state index in [0.29, 0.717) is 19.4 Å². The normalized spacial score (nSPS) is 12.7. The number of nitrogens with one attached hydrogen (secondary N) is 1. The molecule has 85 heavy (non-hydrogen) atoms. The number of aliphatic hydroxyl groups excluding tert-OH is 2. The highest BCUT2D eigenvalue weighted by Gasteiger charge is 2.18. The van der Waals surface area contributed by atoms with Crippen LogP contribution < -0.4 is 5.32 Å². The molecule has 0 aliphatic carbocycles. The minimum atomic E-state index is -0.847. The van der Waals surface area contributed by atoms with Crippen LogP contribution in [0.5, 0.6) is 0 Å². The zero-order valence-electron chi connectivity index (χ0n) is 57.6. The number of unbranched alkanes of at least 4 members (excludes halogenated alkanes) is 58. The summed E-state index contributed by atoms with van der Waals surface area (Å²) in [6, 6.07) is -0.630. The topological polar surface area (TPSA) is 95.9 Å². The van der Waals surface area contributed by atoms with Crippen LogP contribution in [0.2, 0.25) is 0 Å². The van der Waals surface area contributed by atoms with E-state index in [9.17, 15) is 19.8 Å². The lowest BCUT2D eigenvalue weighted by atomic mass is 10.0. The number of hydrogen-bond acceptors (Lipinski definition) is 5. The molecule has 0 aliphatic rings. The average Bonchev–Trinajstić information content (AvgIpc) is 3.51. The van der Waals surface area contributed by atoms with Crippen LogP contribution in [-0.4, -0.2) is 47.4 Å². The quantitative estimate of drug-likeness (QED) is 0.0320. The van der Waals surface area contributed by atoms with Crippen LogP contribution in [0, 0.1) is 0 Å². The third kappa shape index (κ3) is 71.0. The lowest BCUT2D eigenvalue weighted by molar-refractivity contribution is -0.143. The maximum atomic E-state index is 12.5. The smallest absolute Gasteiger partial charge is 0.305 e. The van der Waals surface area contributed by atoms with Gasteiger partial charge in [0.25, 0.3) is 0 Å². The number of esters is 1. The SMILES string of the molecule is CCCCCCCCCCCCCCCCCCCCC/C=C/C(O)C(CO)NC(=O)CCCCCCCCCCCCCCC/C=C\C/C=C\CCCCCCCCCCCOC(=O)CCCCCCCCCCCCCCCCCCCC. The van der Waals surface area contributed by atoms with Crippen LogP contribution in [0.15, 0.2) is 36.5 Å². The van der Waals surface area contributed by atoms with Gasteiger partial charge < -0.3 is 20.3 Å². The van der Waals surface area contributed by atoms with Gasteiger partial charge in [0.1, 0.15) is 0 Å². The molecule has 1 amide bonds. The molecule has 0 saturated heterocycles. The van der Waals surface area contributed by atoms with E-state index in [1.165, 1.54) is 360 Å². The molecular formula is C79H151NO5. The molecular weight excluding hydrogens is 1040 g/mol. The number of aliphatic hydroxyl groups is 2. The number of amides is 1. The largest absolute Gasteiger partial charge is 0.466 e. The van der Waals surface area contributed by atoms with Gasteiger partial charge in [0.2, 0.25) is 5.91 Å². The first-order chi connectivity index (χ1) is 42.0. The predicted molar refractivity (Wildman–Crippen MR) is 375 cm³/mol. The fourth-order valence-corrected chi connectivity index (χ4v) is 12.3.